The van der Waals surface area contributed by atoms with Gasteiger partial charge in [0.2, 0.25) is 0 Å². The lowest BCUT2D eigenvalue weighted by atomic mass is 9.37. The maximum atomic E-state index is 6.62. The van der Waals surface area contributed by atoms with Crippen LogP contribution >= 0.6 is 0 Å². The van der Waals surface area contributed by atoms with Gasteiger partial charge in [-0.05, 0) is 140 Å². The van der Waals surface area contributed by atoms with E-state index in [1.807, 2.05) is 0 Å². The van der Waals surface area contributed by atoms with E-state index in [4.69, 9.17) is 4.42 Å². The molecule has 8 atom stereocenters. The van der Waals surface area contributed by atoms with Crippen molar-refractivity contribution in [2.45, 2.75) is 89.4 Å². The van der Waals surface area contributed by atoms with Gasteiger partial charge in [-0.2, -0.15) is 0 Å². The monoisotopic (exact) mass is 568 g/mol. The van der Waals surface area contributed by atoms with Crippen LogP contribution in [0.1, 0.15) is 95.0 Å². The Morgan fingerprint density at radius 2 is 1.09 bits per heavy atom. The van der Waals surface area contributed by atoms with Crippen LogP contribution in [0.5, 0.6) is 0 Å². The summed E-state index contributed by atoms with van der Waals surface area (Å²) in [4.78, 5) is 0. The van der Waals surface area contributed by atoms with Crippen LogP contribution in [0.2, 0.25) is 0 Å². The van der Waals surface area contributed by atoms with E-state index in [0.29, 0.717) is 0 Å². The van der Waals surface area contributed by atoms with E-state index < -0.39 is 0 Å². The molecule has 0 aliphatic heterocycles. The fourth-order valence-electron chi connectivity index (χ4n) is 13.4. The molecule has 0 radical (unpaired) electrons. The minimum absolute atomic E-state index is 0.722. The van der Waals surface area contributed by atoms with Gasteiger partial charge >= 0.3 is 0 Å². The third-order valence-corrected chi connectivity index (χ3v) is 14.6. The molecule has 6 saturated carbocycles. The highest BCUT2D eigenvalue weighted by molar-refractivity contribution is 6.09. The largest absolute Gasteiger partial charge is 0.455 e. The molecular formula is C42H48O. The second-order valence-corrected chi connectivity index (χ2v) is 16.0. The van der Waals surface area contributed by atoms with Gasteiger partial charge in [-0.1, -0.05) is 86.7 Å². The van der Waals surface area contributed by atoms with Gasteiger partial charge in [0.25, 0.3) is 0 Å². The lowest BCUT2D eigenvalue weighted by molar-refractivity contribution is -0.189. The number of hydrogen-bond donors (Lipinski definition) is 0. The highest BCUT2D eigenvalue weighted by atomic mass is 16.3. The number of furan rings is 1. The molecule has 1 nitrogen and oxygen atoms in total. The highest BCUT2D eigenvalue weighted by Gasteiger charge is 2.62. The van der Waals surface area contributed by atoms with Crippen LogP contribution in [0.3, 0.4) is 0 Å². The Hall–Kier alpha value is -2.54. The van der Waals surface area contributed by atoms with Crippen molar-refractivity contribution >= 4 is 21.9 Å². The summed E-state index contributed by atoms with van der Waals surface area (Å²) in [5.74, 6) is 11.2. The van der Waals surface area contributed by atoms with Gasteiger partial charge in [0, 0.05) is 16.3 Å². The third kappa shape index (κ3) is 3.82. The maximum absolute atomic E-state index is 6.62. The van der Waals surface area contributed by atoms with Gasteiger partial charge in [-0.25, -0.2) is 0 Å². The Morgan fingerprint density at radius 1 is 0.488 bits per heavy atom. The molecular weight excluding hydrogens is 520 g/mol. The summed E-state index contributed by atoms with van der Waals surface area (Å²) in [5.41, 5.74) is 6.17. The van der Waals surface area contributed by atoms with Crippen LogP contribution in [0.4, 0.5) is 0 Å². The first-order valence-corrected chi connectivity index (χ1v) is 18.3. The molecule has 0 N–H and O–H groups in total. The van der Waals surface area contributed by atoms with Crippen molar-refractivity contribution < 1.29 is 4.42 Å². The number of rotatable bonds is 2. The van der Waals surface area contributed by atoms with E-state index in [2.05, 4.69) is 66.7 Å². The molecule has 0 amide bonds. The lowest BCUT2D eigenvalue weighted by Crippen LogP contribution is -2.61. The molecule has 0 bridgehead atoms. The Balaban J connectivity index is 1.07. The molecule has 0 saturated heterocycles. The van der Waals surface area contributed by atoms with Crippen molar-refractivity contribution in [3.63, 3.8) is 0 Å². The van der Waals surface area contributed by atoms with Crippen molar-refractivity contribution in [1.29, 1.82) is 0 Å². The van der Waals surface area contributed by atoms with Gasteiger partial charge in [0.1, 0.15) is 11.2 Å². The first-order chi connectivity index (χ1) is 21.3. The fourth-order valence-corrected chi connectivity index (χ4v) is 13.4. The van der Waals surface area contributed by atoms with Crippen LogP contribution in [0.25, 0.3) is 33.1 Å². The smallest absolute Gasteiger partial charge is 0.143 e. The SMILES string of the molecule is c1ccc(-c2cccc3c2oc2ccc(C4CC5C6CCCCC6C6CCCC7C8CCCCC8C(C4)C5C67)cc23)cc1. The summed E-state index contributed by atoms with van der Waals surface area (Å²) in [6.45, 7) is 0. The van der Waals surface area contributed by atoms with Crippen molar-refractivity contribution in [3.05, 3.63) is 72.3 Å². The molecule has 8 unspecified atom stereocenters. The Kier molecular flexibility index (Phi) is 5.98. The van der Waals surface area contributed by atoms with Crippen molar-refractivity contribution in [1.82, 2.24) is 0 Å². The number of para-hydroxylation sites is 1. The van der Waals surface area contributed by atoms with Gasteiger partial charge in [-0.15, -0.1) is 0 Å². The molecule has 1 aromatic heterocycles. The molecule has 3 aromatic carbocycles. The molecule has 10 rings (SSSR count). The molecule has 0 spiro atoms. The average Bonchev–Trinajstić information content (AvgIpc) is 3.46. The number of benzene rings is 3. The summed E-state index contributed by atoms with van der Waals surface area (Å²) in [6, 6.07) is 24.9. The van der Waals surface area contributed by atoms with Gasteiger partial charge in [-0.3, -0.25) is 0 Å². The molecule has 6 fully saturated rings. The molecule has 6 aliphatic rings. The highest BCUT2D eigenvalue weighted by Crippen LogP contribution is 2.70. The Morgan fingerprint density at radius 3 is 1.77 bits per heavy atom. The van der Waals surface area contributed by atoms with E-state index in [-0.39, 0.29) is 0 Å². The van der Waals surface area contributed by atoms with E-state index in [1.165, 1.54) is 60.4 Å². The van der Waals surface area contributed by atoms with E-state index >= 15 is 0 Å². The van der Waals surface area contributed by atoms with Gasteiger partial charge < -0.3 is 4.42 Å². The fraction of sp³-hybridized carbons (Fsp3) is 0.571. The lowest BCUT2D eigenvalue weighted by Gasteiger charge is -2.68. The van der Waals surface area contributed by atoms with Crippen LogP contribution in [0.15, 0.2) is 71.1 Å². The third-order valence-electron chi connectivity index (χ3n) is 14.6. The van der Waals surface area contributed by atoms with Crippen molar-refractivity contribution in [2.24, 2.45) is 59.2 Å². The predicted molar refractivity (Wildman–Crippen MR) is 177 cm³/mol. The second kappa shape index (κ2) is 9.98. The Labute approximate surface area is 257 Å². The summed E-state index contributed by atoms with van der Waals surface area (Å²) < 4.78 is 6.62. The Bertz CT molecular complexity index is 1600. The zero-order valence-corrected chi connectivity index (χ0v) is 25.8. The number of hydrogen-bond acceptors (Lipinski definition) is 1. The quantitative estimate of drug-likeness (QED) is 0.234. The molecule has 43 heavy (non-hydrogen) atoms. The van der Waals surface area contributed by atoms with Gasteiger partial charge in [0.05, 0.1) is 0 Å². The van der Waals surface area contributed by atoms with Crippen molar-refractivity contribution in [2.75, 3.05) is 0 Å². The van der Waals surface area contributed by atoms with Crippen LogP contribution < -0.4 is 0 Å². The maximum Gasteiger partial charge on any atom is 0.143 e. The molecule has 4 aromatic rings. The minimum atomic E-state index is 0.722. The standard InChI is InChI=1S/C42H48O/c1-2-10-25(11-3-1)28-16-8-19-35-36-22-26(20-21-39(36)43-42(28)35)27-23-37-31-14-6-4-12-29(31)33-17-9-18-34-30-13-5-7-15-32(30)38(24-27)41(37)40(33)34/h1-3,8,10-11,16,19-22,27,29-34,37-38,40-41H,4-7,9,12-15,17-18,23-24H2. The van der Waals surface area contributed by atoms with E-state index in [1.54, 1.807) is 50.5 Å². The zero-order chi connectivity index (χ0) is 28.1. The molecule has 1 heteroatoms. The first-order valence-electron chi connectivity index (χ1n) is 18.3. The summed E-state index contributed by atoms with van der Waals surface area (Å²) in [6.07, 6.45) is 19.9. The molecule has 222 valence electrons. The summed E-state index contributed by atoms with van der Waals surface area (Å²) >= 11 is 0. The predicted octanol–water partition coefficient (Wildman–Crippen LogP) is 11.7. The van der Waals surface area contributed by atoms with Crippen LogP contribution in [-0.2, 0) is 0 Å². The first kappa shape index (κ1) is 25.8. The normalized spacial score (nSPS) is 40.0. The van der Waals surface area contributed by atoms with Crippen molar-refractivity contribution in [3.8, 4) is 11.1 Å². The molecule has 1 heterocycles. The average molecular weight is 569 g/mol. The van der Waals surface area contributed by atoms with Crippen LogP contribution in [-0.4, -0.2) is 0 Å². The van der Waals surface area contributed by atoms with Crippen LogP contribution in [0, 0.1) is 59.2 Å². The van der Waals surface area contributed by atoms with E-state index in [0.717, 1.165) is 76.3 Å². The minimum Gasteiger partial charge on any atom is -0.455 e. The topological polar surface area (TPSA) is 13.1 Å². The number of fused-ring (bicyclic) bond motifs is 9. The summed E-state index contributed by atoms with van der Waals surface area (Å²) in [5, 5.41) is 2.62. The van der Waals surface area contributed by atoms with E-state index in [9.17, 15) is 0 Å². The zero-order valence-electron chi connectivity index (χ0n) is 25.8. The molecule has 6 aliphatic carbocycles. The summed E-state index contributed by atoms with van der Waals surface area (Å²) in [7, 11) is 0. The second-order valence-electron chi connectivity index (χ2n) is 16.0. The van der Waals surface area contributed by atoms with Gasteiger partial charge in [0.15, 0.2) is 0 Å².